The van der Waals surface area contributed by atoms with Crippen molar-refractivity contribution in [2.45, 2.75) is 39.2 Å². The van der Waals surface area contributed by atoms with Gasteiger partial charge in [0.25, 0.3) is 5.91 Å². The van der Waals surface area contributed by atoms with E-state index in [4.69, 9.17) is 10.5 Å². The Morgan fingerprint density at radius 2 is 1.72 bits per heavy atom. The number of benzene rings is 2. The van der Waals surface area contributed by atoms with E-state index in [-0.39, 0.29) is 30.8 Å². The maximum Gasteiger partial charge on any atom is 0.262 e. The normalized spacial score (nSPS) is 11.1. The molecule has 0 bridgehead atoms. The van der Waals surface area contributed by atoms with Gasteiger partial charge in [-0.1, -0.05) is 43.2 Å². The average Bonchev–Trinajstić information content (AvgIpc) is 2.69. The van der Waals surface area contributed by atoms with Crippen molar-refractivity contribution < 1.29 is 14.3 Å². The number of halogens is 1. The quantitative estimate of drug-likeness (QED) is 0.551. The molecular weight excluding hydrogens is 390 g/mol. The molecule has 0 fully saturated rings. The molecule has 158 valence electrons. The van der Waals surface area contributed by atoms with Crippen LogP contribution >= 0.6 is 12.4 Å². The molecule has 1 atom stereocenters. The fourth-order valence-electron chi connectivity index (χ4n) is 2.64. The van der Waals surface area contributed by atoms with Crippen LogP contribution in [0.4, 0.5) is 5.69 Å². The van der Waals surface area contributed by atoms with Crippen LogP contribution in [0.15, 0.2) is 48.5 Å². The topological polar surface area (TPSA) is 93.5 Å². The van der Waals surface area contributed by atoms with Crippen molar-refractivity contribution >= 4 is 29.9 Å². The van der Waals surface area contributed by atoms with E-state index in [0.717, 1.165) is 23.2 Å². The monoisotopic (exact) mass is 419 g/mol. The molecule has 0 spiro atoms. The summed E-state index contributed by atoms with van der Waals surface area (Å²) in [5.41, 5.74) is 8.73. The first-order valence-electron chi connectivity index (χ1n) is 9.59. The molecule has 0 saturated heterocycles. The fraction of sp³-hybridized carbons (Fsp3) is 0.364. The third-order valence-electron chi connectivity index (χ3n) is 4.28. The van der Waals surface area contributed by atoms with Crippen molar-refractivity contribution in [2.24, 2.45) is 5.73 Å². The Bertz CT molecular complexity index is 764. The Morgan fingerprint density at radius 3 is 2.34 bits per heavy atom. The summed E-state index contributed by atoms with van der Waals surface area (Å²) in [5.74, 6) is 0.303. The van der Waals surface area contributed by atoms with Gasteiger partial charge in [-0.05, 0) is 49.6 Å². The van der Waals surface area contributed by atoms with Gasteiger partial charge < -0.3 is 21.1 Å². The number of carbonyl (C=O) groups excluding carboxylic acids is 2. The second kappa shape index (κ2) is 12.8. The van der Waals surface area contributed by atoms with Crippen LogP contribution in [-0.4, -0.2) is 31.0 Å². The summed E-state index contributed by atoms with van der Waals surface area (Å²) in [5, 5.41) is 5.64. The van der Waals surface area contributed by atoms with Gasteiger partial charge in [-0.2, -0.15) is 0 Å². The predicted molar refractivity (Wildman–Crippen MR) is 119 cm³/mol. The van der Waals surface area contributed by atoms with E-state index in [1.807, 2.05) is 62.4 Å². The van der Waals surface area contributed by atoms with E-state index < -0.39 is 6.04 Å². The molecule has 2 aromatic rings. The molecule has 6 nitrogen and oxygen atoms in total. The SMILES string of the molecule is CCCC(N)C(=O)NCCc1ccc(OCC(=O)Nc2ccc(C)cc2)cc1.Cl. The third-order valence-corrected chi connectivity index (χ3v) is 4.28. The van der Waals surface area contributed by atoms with Gasteiger partial charge in [0, 0.05) is 12.2 Å². The molecule has 29 heavy (non-hydrogen) atoms. The number of anilines is 1. The molecule has 1 unspecified atom stereocenters. The lowest BCUT2D eigenvalue weighted by molar-refractivity contribution is -0.122. The van der Waals surface area contributed by atoms with Gasteiger partial charge in [0.15, 0.2) is 6.61 Å². The Balaban J connectivity index is 0.00000420. The van der Waals surface area contributed by atoms with Gasteiger partial charge >= 0.3 is 0 Å². The molecule has 2 aromatic carbocycles. The molecule has 0 aliphatic rings. The summed E-state index contributed by atoms with van der Waals surface area (Å²) in [4.78, 5) is 23.7. The third kappa shape index (κ3) is 8.98. The van der Waals surface area contributed by atoms with Crippen molar-refractivity contribution in [3.05, 3.63) is 59.7 Å². The highest BCUT2D eigenvalue weighted by atomic mass is 35.5. The molecule has 0 heterocycles. The van der Waals surface area contributed by atoms with E-state index in [9.17, 15) is 9.59 Å². The summed E-state index contributed by atoms with van der Waals surface area (Å²) < 4.78 is 5.52. The van der Waals surface area contributed by atoms with Crippen molar-refractivity contribution in [2.75, 3.05) is 18.5 Å². The van der Waals surface area contributed by atoms with Gasteiger partial charge in [0.1, 0.15) is 5.75 Å². The van der Waals surface area contributed by atoms with Crippen LogP contribution in [0, 0.1) is 6.92 Å². The number of hydrogen-bond donors (Lipinski definition) is 3. The molecule has 0 saturated carbocycles. The molecule has 2 amide bonds. The first kappa shape index (κ1) is 24.5. The Hall–Kier alpha value is -2.57. The summed E-state index contributed by atoms with van der Waals surface area (Å²) in [6.45, 7) is 4.48. The van der Waals surface area contributed by atoms with E-state index in [1.54, 1.807) is 0 Å². The summed E-state index contributed by atoms with van der Waals surface area (Å²) in [6.07, 6.45) is 2.28. The summed E-state index contributed by atoms with van der Waals surface area (Å²) in [6, 6.07) is 14.6. The fourth-order valence-corrected chi connectivity index (χ4v) is 2.64. The van der Waals surface area contributed by atoms with E-state index in [1.165, 1.54) is 0 Å². The van der Waals surface area contributed by atoms with Gasteiger partial charge in [0.05, 0.1) is 6.04 Å². The highest BCUT2D eigenvalue weighted by molar-refractivity contribution is 5.91. The standard InChI is InChI=1S/C22H29N3O3.ClH/c1-3-4-20(23)22(27)24-14-13-17-7-11-19(12-8-17)28-15-21(26)25-18-9-5-16(2)6-10-18;/h5-12,20H,3-4,13-15,23H2,1-2H3,(H,24,27)(H,25,26);1H. The second-order valence-electron chi connectivity index (χ2n) is 6.78. The lowest BCUT2D eigenvalue weighted by atomic mass is 10.1. The van der Waals surface area contributed by atoms with Crippen molar-refractivity contribution in [3.8, 4) is 5.75 Å². The van der Waals surface area contributed by atoms with Crippen LogP contribution in [0.5, 0.6) is 5.75 Å². The van der Waals surface area contributed by atoms with Crippen molar-refractivity contribution in [1.82, 2.24) is 5.32 Å². The second-order valence-corrected chi connectivity index (χ2v) is 6.78. The highest BCUT2D eigenvalue weighted by Crippen LogP contribution is 2.13. The van der Waals surface area contributed by atoms with Gasteiger partial charge in [-0.3, -0.25) is 9.59 Å². The van der Waals surface area contributed by atoms with E-state index >= 15 is 0 Å². The average molecular weight is 420 g/mol. The minimum absolute atomic E-state index is 0. The minimum atomic E-state index is -0.438. The molecule has 0 aromatic heterocycles. The number of carbonyl (C=O) groups is 2. The smallest absolute Gasteiger partial charge is 0.262 e. The Morgan fingerprint density at radius 1 is 1.07 bits per heavy atom. The number of aryl methyl sites for hydroxylation is 1. The molecule has 0 aliphatic carbocycles. The van der Waals surface area contributed by atoms with E-state index in [0.29, 0.717) is 25.1 Å². The molecule has 4 N–H and O–H groups in total. The maximum absolute atomic E-state index is 12.0. The van der Waals surface area contributed by atoms with Gasteiger partial charge in [-0.15, -0.1) is 12.4 Å². The molecule has 7 heteroatoms. The number of hydrogen-bond acceptors (Lipinski definition) is 4. The zero-order valence-corrected chi connectivity index (χ0v) is 17.8. The summed E-state index contributed by atoms with van der Waals surface area (Å²) >= 11 is 0. The van der Waals surface area contributed by atoms with Crippen molar-refractivity contribution in [3.63, 3.8) is 0 Å². The van der Waals surface area contributed by atoms with Crippen molar-refractivity contribution in [1.29, 1.82) is 0 Å². The Kier molecular flexibility index (Phi) is 10.8. The number of amides is 2. The molecular formula is C22H30ClN3O3. The molecule has 0 aliphatic heterocycles. The maximum atomic E-state index is 12.0. The largest absolute Gasteiger partial charge is 0.484 e. The lowest BCUT2D eigenvalue weighted by Gasteiger charge is -2.11. The minimum Gasteiger partial charge on any atom is -0.484 e. The number of nitrogens with two attached hydrogens (primary N) is 1. The van der Waals surface area contributed by atoms with Crippen LogP contribution in [0.2, 0.25) is 0 Å². The first-order valence-corrected chi connectivity index (χ1v) is 9.59. The molecule has 2 rings (SSSR count). The molecule has 0 radical (unpaired) electrons. The summed E-state index contributed by atoms with van der Waals surface area (Å²) in [7, 11) is 0. The van der Waals surface area contributed by atoms with Crippen LogP contribution < -0.4 is 21.1 Å². The predicted octanol–water partition coefficient (Wildman–Crippen LogP) is 3.22. The lowest BCUT2D eigenvalue weighted by Crippen LogP contribution is -2.41. The Labute approximate surface area is 178 Å². The van der Waals surface area contributed by atoms with Crippen LogP contribution in [0.3, 0.4) is 0 Å². The number of rotatable bonds is 10. The van der Waals surface area contributed by atoms with Crippen LogP contribution in [0.1, 0.15) is 30.9 Å². The van der Waals surface area contributed by atoms with Gasteiger partial charge in [0.2, 0.25) is 5.91 Å². The van der Waals surface area contributed by atoms with Gasteiger partial charge in [-0.25, -0.2) is 0 Å². The number of ether oxygens (including phenoxy) is 1. The number of nitrogens with one attached hydrogen (secondary N) is 2. The van der Waals surface area contributed by atoms with Crippen LogP contribution in [0.25, 0.3) is 0 Å². The van der Waals surface area contributed by atoms with E-state index in [2.05, 4.69) is 10.6 Å². The first-order chi connectivity index (χ1) is 13.5. The zero-order chi connectivity index (χ0) is 20.4. The highest BCUT2D eigenvalue weighted by Gasteiger charge is 2.11. The zero-order valence-electron chi connectivity index (χ0n) is 16.9. The van der Waals surface area contributed by atoms with Crippen LogP contribution in [-0.2, 0) is 16.0 Å².